The minimum Gasteiger partial charge on any atom is -0.381 e. The normalized spacial score (nSPS) is 19.0. The lowest BCUT2D eigenvalue weighted by atomic mass is 10.0. The summed E-state index contributed by atoms with van der Waals surface area (Å²) >= 11 is 0. The molecule has 1 heterocycles. The molecule has 2 N–H and O–H groups in total. The number of para-hydroxylation sites is 1. The summed E-state index contributed by atoms with van der Waals surface area (Å²) in [6, 6.07) is 4.98. The maximum atomic E-state index is 14.0. The quantitative estimate of drug-likeness (QED) is 0.898. The maximum Gasteiger partial charge on any atom is 0.146 e. The second-order valence-electron chi connectivity index (χ2n) is 4.89. The first-order chi connectivity index (χ1) is 8.63. The van der Waals surface area contributed by atoms with Crippen LogP contribution in [0.15, 0.2) is 18.2 Å². The zero-order valence-corrected chi connectivity index (χ0v) is 11.0. The number of nitrogens with two attached hydrogens (primary N) is 1. The number of benzene rings is 1. The zero-order chi connectivity index (χ0) is 13.1. The lowest BCUT2D eigenvalue weighted by molar-refractivity contribution is 0.0817. The first-order valence-corrected chi connectivity index (χ1v) is 6.45. The minimum absolute atomic E-state index is 0.157. The van der Waals surface area contributed by atoms with E-state index in [1.807, 2.05) is 13.0 Å². The number of anilines is 1. The molecule has 0 bridgehead atoms. The topological polar surface area (TPSA) is 38.5 Å². The second kappa shape index (κ2) is 5.67. The summed E-state index contributed by atoms with van der Waals surface area (Å²) in [4.78, 5) is 2.09. The van der Waals surface area contributed by atoms with Crippen LogP contribution in [-0.2, 0) is 4.74 Å². The Labute approximate surface area is 108 Å². The first kappa shape index (κ1) is 13.3. The highest BCUT2D eigenvalue weighted by atomic mass is 19.1. The van der Waals surface area contributed by atoms with Crippen molar-refractivity contribution in [2.45, 2.75) is 31.9 Å². The van der Waals surface area contributed by atoms with Gasteiger partial charge in [0.2, 0.25) is 0 Å². The van der Waals surface area contributed by atoms with Crippen LogP contribution in [0.5, 0.6) is 0 Å². The number of halogens is 1. The molecule has 1 fully saturated rings. The van der Waals surface area contributed by atoms with E-state index in [4.69, 9.17) is 10.5 Å². The van der Waals surface area contributed by atoms with Gasteiger partial charge < -0.3 is 15.4 Å². The molecular weight excluding hydrogens is 231 g/mol. The molecule has 18 heavy (non-hydrogen) atoms. The Balaban J connectivity index is 2.23. The fourth-order valence-electron chi connectivity index (χ4n) is 2.55. The Kier molecular flexibility index (Phi) is 4.19. The molecule has 0 unspecified atom stereocenters. The van der Waals surface area contributed by atoms with Gasteiger partial charge >= 0.3 is 0 Å². The highest BCUT2D eigenvalue weighted by molar-refractivity contribution is 5.56. The number of nitrogens with zero attached hydrogens (tertiary/aromatic N) is 1. The van der Waals surface area contributed by atoms with Crippen molar-refractivity contribution in [1.29, 1.82) is 0 Å². The summed E-state index contributed by atoms with van der Waals surface area (Å²) in [5.74, 6) is -0.180. The number of rotatable bonds is 3. The van der Waals surface area contributed by atoms with Gasteiger partial charge in [-0.2, -0.15) is 0 Å². The third-order valence-corrected chi connectivity index (χ3v) is 3.60. The van der Waals surface area contributed by atoms with Crippen LogP contribution >= 0.6 is 0 Å². The molecule has 3 nitrogen and oxygen atoms in total. The van der Waals surface area contributed by atoms with Gasteiger partial charge in [0.05, 0.1) is 11.8 Å². The van der Waals surface area contributed by atoms with Crippen molar-refractivity contribution in [3.63, 3.8) is 0 Å². The summed E-state index contributed by atoms with van der Waals surface area (Å²) in [7, 11) is 1.73. The van der Waals surface area contributed by atoms with Crippen LogP contribution in [0.4, 0.5) is 10.1 Å². The minimum atomic E-state index is -0.180. The molecule has 0 spiro atoms. The van der Waals surface area contributed by atoms with Crippen LogP contribution in [0, 0.1) is 5.82 Å². The number of ether oxygens (including phenoxy) is 1. The van der Waals surface area contributed by atoms with Crippen LogP contribution in [0.3, 0.4) is 0 Å². The number of hydrogen-bond acceptors (Lipinski definition) is 3. The Morgan fingerprint density at radius 1 is 1.39 bits per heavy atom. The van der Waals surface area contributed by atoms with Gasteiger partial charge in [0.1, 0.15) is 5.82 Å². The third-order valence-electron chi connectivity index (χ3n) is 3.60. The SMILES string of the molecule is COC1CCN(c2c(F)cccc2[C@@H](C)N)CC1. The third kappa shape index (κ3) is 2.65. The molecule has 100 valence electrons. The van der Waals surface area contributed by atoms with Crippen LogP contribution in [0.2, 0.25) is 0 Å². The van der Waals surface area contributed by atoms with Crippen LogP contribution in [-0.4, -0.2) is 26.3 Å². The van der Waals surface area contributed by atoms with E-state index >= 15 is 0 Å². The molecule has 1 saturated heterocycles. The molecule has 1 aromatic carbocycles. The zero-order valence-electron chi connectivity index (χ0n) is 11.0. The molecule has 2 rings (SSSR count). The molecule has 0 saturated carbocycles. The largest absolute Gasteiger partial charge is 0.381 e. The Hall–Kier alpha value is -1.13. The van der Waals surface area contributed by atoms with Crippen LogP contribution in [0.25, 0.3) is 0 Å². The number of piperidine rings is 1. The predicted molar refractivity (Wildman–Crippen MR) is 71.2 cm³/mol. The van der Waals surface area contributed by atoms with Crippen LogP contribution < -0.4 is 10.6 Å². The van der Waals surface area contributed by atoms with Gasteiger partial charge in [0.15, 0.2) is 0 Å². The van der Waals surface area contributed by atoms with Gasteiger partial charge in [-0.15, -0.1) is 0 Å². The number of methoxy groups -OCH3 is 1. The van der Waals surface area contributed by atoms with Gasteiger partial charge in [0.25, 0.3) is 0 Å². The Bertz CT molecular complexity index is 401. The highest BCUT2D eigenvalue weighted by Gasteiger charge is 2.23. The van der Waals surface area contributed by atoms with E-state index in [-0.39, 0.29) is 11.9 Å². The molecule has 0 aromatic heterocycles. The van der Waals surface area contributed by atoms with Gasteiger partial charge in [-0.25, -0.2) is 4.39 Å². The predicted octanol–water partition coefficient (Wildman–Crippen LogP) is 2.46. The van der Waals surface area contributed by atoms with E-state index in [2.05, 4.69) is 4.90 Å². The lowest BCUT2D eigenvalue weighted by Gasteiger charge is -2.34. The number of hydrogen-bond donors (Lipinski definition) is 1. The van der Waals surface area contributed by atoms with Gasteiger partial charge in [-0.3, -0.25) is 0 Å². The molecule has 1 aliphatic heterocycles. The van der Waals surface area contributed by atoms with Gasteiger partial charge in [-0.05, 0) is 31.4 Å². The molecule has 0 radical (unpaired) electrons. The maximum absolute atomic E-state index is 14.0. The smallest absolute Gasteiger partial charge is 0.146 e. The summed E-state index contributed by atoms with van der Waals surface area (Å²) < 4.78 is 19.4. The monoisotopic (exact) mass is 252 g/mol. The van der Waals surface area contributed by atoms with Crippen molar-refractivity contribution in [3.05, 3.63) is 29.6 Å². The molecule has 4 heteroatoms. The Morgan fingerprint density at radius 3 is 2.61 bits per heavy atom. The van der Waals surface area contributed by atoms with Gasteiger partial charge in [-0.1, -0.05) is 12.1 Å². The Morgan fingerprint density at radius 2 is 2.06 bits per heavy atom. The molecule has 1 atom stereocenters. The van der Waals surface area contributed by atoms with Crippen molar-refractivity contribution in [2.75, 3.05) is 25.1 Å². The molecule has 0 aliphatic carbocycles. The van der Waals surface area contributed by atoms with E-state index in [9.17, 15) is 4.39 Å². The van der Waals surface area contributed by atoms with Crippen molar-refractivity contribution in [2.24, 2.45) is 5.73 Å². The summed E-state index contributed by atoms with van der Waals surface area (Å²) in [6.45, 7) is 3.53. The second-order valence-corrected chi connectivity index (χ2v) is 4.89. The van der Waals surface area contributed by atoms with Crippen molar-refractivity contribution >= 4 is 5.69 Å². The molecule has 1 aliphatic rings. The van der Waals surface area contributed by atoms with E-state index in [1.165, 1.54) is 6.07 Å². The van der Waals surface area contributed by atoms with Gasteiger partial charge in [0, 0.05) is 26.2 Å². The van der Waals surface area contributed by atoms with E-state index in [1.54, 1.807) is 13.2 Å². The fourth-order valence-corrected chi connectivity index (χ4v) is 2.55. The van der Waals surface area contributed by atoms with Crippen molar-refractivity contribution < 1.29 is 9.13 Å². The molecular formula is C14H21FN2O. The standard InChI is InChI=1S/C14H21FN2O/c1-10(16)12-4-3-5-13(15)14(12)17-8-6-11(18-2)7-9-17/h3-5,10-11H,6-9,16H2,1-2H3/t10-/m1/s1. The van der Waals surface area contributed by atoms with Crippen molar-refractivity contribution in [3.8, 4) is 0 Å². The van der Waals surface area contributed by atoms with Crippen LogP contribution in [0.1, 0.15) is 31.4 Å². The summed E-state index contributed by atoms with van der Waals surface area (Å²) in [6.07, 6.45) is 2.17. The summed E-state index contributed by atoms with van der Waals surface area (Å²) in [5, 5.41) is 0. The summed E-state index contributed by atoms with van der Waals surface area (Å²) in [5.41, 5.74) is 7.47. The lowest BCUT2D eigenvalue weighted by Crippen LogP contribution is -2.38. The first-order valence-electron chi connectivity index (χ1n) is 6.45. The van der Waals surface area contributed by atoms with E-state index < -0.39 is 0 Å². The van der Waals surface area contributed by atoms with Crippen molar-refractivity contribution in [1.82, 2.24) is 0 Å². The highest BCUT2D eigenvalue weighted by Crippen LogP contribution is 2.30. The molecule has 0 amide bonds. The van der Waals surface area contributed by atoms with E-state index in [0.717, 1.165) is 31.5 Å². The van der Waals surface area contributed by atoms with E-state index in [0.29, 0.717) is 11.8 Å². The molecule has 1 aromatic rings. The average molecular weight is 252 g/mol. The fraction of sp³-hybridized carbons (Fsp3) is 0.571. The average Bonchev–Trinajstić information content (AvgIpc) is 2.38.